The first-order valence-corrected chi connectivity index (χ1v) is 8.09. The number of hydrogen-bond acceptors (Lipinski definition) is 8. The van der Waals surface area contributed by atoms with Crippen LogP contribution < -0.4 is 0 Å². The molecule has 9 nitrogen and oxygen atoms in total. The number of hydrogen-bond donors (Lipinski definition) is 0. The van der Waals surface area contributed by atoms with E-state index in [1.54, 1.807) is 18.5 Å². The molecule has 0 saturated carbocycles. The predicted octanol–water partition coefficient (Wildman–Crippen LogP) is 3.11. The minimum atomic E-state index is -0.453. The topological polar surface area (TPSA) is 113 Å². The Hall–Kier alpha value is -2.75. The Labute approximate surface area is 141 Å². The fourth-order valence-corrected chi connectivity index (χ4v) is 2.92. The first-order valence-electron chi connectivity index (χ1n) is 7.21. The normalized spacial score (nSPS) is 12.2. The first-order chi connectivity index (χ1) is 11.6. The molecule has 2 heterocycles. The van der Waals surface area contributed by atoms with Gasteiger partial charge in [-0.15, -0.1) is 20.4 Å². The van der Waals surface area contributed by atoms with Crippen LogP contribution in [-0.4, -0.2) is 29.9 Å². The van der Waals surface area contributed by atoms with Crippen LogP contribution in [0.5, 0.6) is 0 Å². The van der Waals surface area contributed by atoms with Crippen LogP contribution in [0.4, 0.5) is 5.69 Å². The summed E-state index contributed by atoms with van der Waals surface area (Å²) in [6, 6.07) is 5.98. The van der Waals surface area contributed by atoms with Gasteiger partial charge in [0.05, 0.1) is 10.2 Å². The average molecular weight is 346 g/mol. The van der Waals surface area contributed by atoms with Crippen molar-refractivity contribution in [3.8, 4) is 11.5 Å². The van der Waals surface area contributed by atoms with Gasteiger partial charge in [-0.05, 0) is 26.0 Å². The van der Waals surface area contributed by atoms with Gasteiger partial charge >= 0.3 is 0 Å². The highest BCUT2D eigenvalue weighted by molar-refractivity contribution is 7.99. The van der Waals surface area contributed by atoms with Crippen LogP contribution >= 0.6 is 11.8 Å². The number of nitro benzene ring substituents is 1. The Morgan fingerprint density at radius 2 is 2.04 bits per heavy atom. The molecule has 3 rings (SSSR count). The molecule has 0 aliphatic heterocycles. The van der Waals surface area contributed by atoms with E-state index in [0.29, 0.717) is 17.3 Å². The predicted molar refractivity (Wildman–Crippen MR) is 86.4 cm³/mol. The summed E-state index contributed by atoms with van der Waals surface area (Å²) < 4.78 is 7.61. The molecule has 0 N–H and O–H groups in total. The lowest BCUT2D eigenvalue weighted by molar-refractivity contribution is -0.384. The van der Waals surface area contributed by atoms with E-state index < -0.39 is 4.92 Å². The molecule has 10 heteroatoms. The van der Waals surface area contributed by atoms with Gasteiger partial charge in [0, 0.05) is 24.2 Å². The van der Waals surface area contributed by atoms with Gasteiger partial charge in [-0.25, -0.2) is 0 Å². The standard InChI is InChI=1S/C14H14N6O3S/c1-3-19-8-15-18-14(19)24-9(2)12-16-17-13(23-12)10-4-6-11(7-5-10)20(21)22/h4-9H,3H2,1-2H3/t9-/m1/s1. The third-order valence-corrected chi connectivity index (χ3v) is 4.40. The van der Waals surface area contributed by atoms with Gasteiger partial charge in [0.15, 0.2) is 5.16 Å². The summed E-state index contributed by atoms with van der Waals surface area (Å²) in [6.45, 7) is 4.73. The van der Waals surface area contributed by atoms with Crippen molar-refractivity contribution < 1.29 is 9.34 Å². The van der Waals surface area contributed by atoms with Crippen molar-refractivity contribution in [2.45, 2.75) is 30.8 Å². The van der Waals surface area contributed by atoms with Crippen molar-refractivity contribution >= 4 is 17.4 Å². The van der Waals surface area contributed by atoms with Crippen molar-refractivity contribution in [1.82, 2.24) is 25.0 Å². The zero-order valence-corrected chi connectivity index (χ0v) is 13.8. The molecule has 1 atom stereocenters. The fraction of sp³-hybridized carbons (Fsp3) is 0.286. The van der Waals surface area contributed by atoms with Gasteiger partial charge in [0.1, 0.15) is 6.33 Å². The van der Waals surface area contributed by atoms with Gasteiger partial charge < -0.3 is 8.98 Å². The number of aryl methyl sites for hydroxylation is 1. The van der Waals surface area contributed by atoms with Crippen molar-refractivity contribution in [1.29, 1.82) is 0 Å². The molecule has 1 aromatic carbocycles. The fourth-order valence-electron chi connectivity index (χ4n) is 2.00. The molecule has 3 aromatic rings. The second kappa shape index (κ2) is 6.79. The van der Waals surface area contributed by atoms with Crippen LogP contribution in [0, 0.1) is 10.1 Å². The number of aromatic nitrogens is 5. The minimum Gasteiger partial charge on any atom is -0.419 e. The van der Waals surface area contributed by atoms with E-state index in [1.807, 2.05) is 18.4 Å². The molecule has 0 aliphatic rings. The Morgan fingerprint density at radius 1 is 1.29 bits per heavy atom. The summed E-state index contributed by atoms with van der Waals surface area (Å²) in [5.74, 6) is 0.781. The van der Waals surface area contributed by atoms with Crippen molar-refractivity contribution in [3.05, 3.63) is 46.6 Å². The zero-order valence-electron chi connectivity index (χ0n) is 13.0. The number of benzene rings is 1. The Bertz CT molecular complexity index is 844. The molecule has 0 unspecified atom stereocenters. The smallest absolute Gasteiger partial charge is 0.269 e. The SMILES string of the molecule is CCn1cnnc1S[C@H](C)c1nnc(-c2ccc([N+](=O)[O-])cc2)o1. The number of nitro groups is 1. The Balaban J connectivity index is 1.76. The second-order valence-corrected chi connectivity index (χ2v) is 6.22. The van der Waals surface area contributed by atoms with Crippen LogP contribution in [0.15, 0.2) is 40.2 Å². The molecule has 0 radical (unpaired) electrons. The van der Waals surface area contributed by atoms with Crippen LogP contribution in [-0.2, 0) is 6.54 Å². The molecule has 124 valence electrons. The van der Waals surface area contributed by atoms with Gasteiger partial charge in [-0.2, -0.15) is 0 Å². The quantitative estimate of drug-likeness (QED) is 0.380. The van der Waals surface area contributed by atoms with Gasteiger partial charge in [-0.1, -0.05) is 11.8 Å². The van der Waals surface area contributed by atoms with Crippen LogP contribution in [0.2, 0.25) is 0 Å². The lowest BCUT2D eigenvalue weighted by Crippen LogP contribution is -1.97. The molecule has 24 heavy (non-hydrogen) atoms. The Kier molecular flexibility index (Phi) is 4.56. The number of nitrogens with zero attached hydrogens (tertiary/aromatic N) is 6. The molecule has 0 fully saturated rings. The van der Waals surface area contributed by atoms with Crippen LogP contribution in [0.3, 0.4) is 0 Å². The van der Waals surface area contributed by atoms with E-state index in [4.69, 9.17) is 4.42 Å². The molecule has 0 aliphatic carbocycles. The van der Waals surface area contributed by atoms with E-state index in [-0.39, 0.29) is 10.9 Å². The summed E-state index contributed by atoms with van der Waals surface area (Å²) in [5, 5.41) is 27.4. The van der Waals surface area contributed by atoms with E-state index in [0.717, 1.165) is 11.7 Å². The largest absolute Gasteiger partial charge is 0.419 e. The van der Waals surface area contributed by atoms with Gasteiger partial charge in [0.2, 0.25) is 11.8 Å². The highest BCUT2D eigenvalue weighted by Crippen LogP contribution is 2.34. The second-order valence-electron chi connectivity index (χ2n) is 4.91. The van der Waals surface area contributed by atoms with Crippen molar-refractivity contribution in [3.63, 3.8) is 0 Å². The maximum atomic E-state index is 10.7. The third-order valence-electron chi connectivity index (χ3n) is 3.32. The molecule has 0 spiro atoms. The zero-order chi connectivity index (χ0) is 17.1. The molecule has 0 saturated heterocycles. The summed E-state index contributed by atoms with van der Waals surface area (Å²) in [4.78, 5) is 10.2. The minimum absolute atomic E-state index is 0.0151. The highest BCUT2D eigenvalue weighted by atomic mass is 32.2. The molecule has 2 aromatic heterocycles. The number of thioether (sulfide) groups is 1. The van der Waals surface area contributed by atoms with Gasteiger partial charge in [0.25, 0.3) is 5.69 Å². The lowest BCUT2D eigenvalue weighted by Gasteiger charge is -2.06. The van der Waals surface area contributed by atoms with E-state index in [2.05, 4.69) is 20.4 Å². The number of rotatable bonds is 6. The molecule has 0 amide bonds. The van der Waals surface area contributed by atoms with Crippen LogP contribution in [0.1, 0.15) is 25.0 Å². The molecular weight excluding hydrogens is 332 g/mol. The number of non-ortho nitro benzene ring substituents is 1. The van der Waals surface area contributed by atoms with E-state index in [9.17, 15) is 10.1 Å². The van der Waals surface area contributed by atoms with Crippen molar-refractivity contribution in [2.24, 2.45) is 0 Å². The highest BCUT2D eigenvalue weighted by Gasteiger charge is 2.19. The maximum Gasteiger partial charge on any atom is 0.269 e. The van der Waals surface area contributed by atoms with Crippen molar-refractivity contribution in [2.75, 3.05) is 0 Å². The first kappa shape index (κ1) is 16.1. The molecular formula is C14H14N6O3S. The Morgan fingerprint density at radius 3 is 2.71 bits per heavy atom. The van der Waals surface area contributed by atoms with E-state index in [1.165, 1.54) is 23.9 Å². The molecule has 0 bridgehead atoms. The summed E-state index contributed by atoms with van der Waals surface area (Å²) >= 11 is 1.47. The summed E-state index contributed by atoms with van der Waals surface area (Å²) in [6.07, 6.45) is 1.67. The van der Waals surface area contributed by atoms with E-state index >= 15 is 0 Å². The van der Waals surface area contributed by atoms with Gasteiger partial charge in [-0.3, -0.25) is 10.1 Å². The monoisotopic (exact) mass is 346 g/mol. The average Bonchev–Trinajstić information content (AvgIpc) is 3.24. The lowest BCUT2D eigenvalue weighted by atomic mass is 10.2. The summed E-state index contributed by atoms with van der Waals surface area (Å²) in [7, 11) is 0. The maximum absolute atomic E-state index is 10.7. The van der Waals surface area contributed by atoms with Crippen LogP contribution in [0.25, 0.3) is 11.5 Å². The summed E-state index contributed by atoms with van der Waals surface area (Å²) in [5.41, 5.74) is 0.648. The third kappa shape index (κ3) is 3.27.